The van der Waals surface area contributed by atoms with Gasteiger partial charge in [-0.3, -0.25) is 9.69 Å². The average molecular weight is 270 g/mol. The Bertz CT molecular complexity index is 611. The van der Waals surface area contributed by atoms with Gasteiger partial charge in [-0.25, -0.2) is 9.37 Å². The van der Waals surface area contributed by atoms with Crippen molar-refractivity contribution in [1.29, 1.82) is 0 Å². The number of hydrogen-bond donors (Lipinski definition) is 0. The van der Waals surface area contributed by atoms with Gasteiger partial charge in [0.05, 0.1) is 6.42 Å². The van der Waals surface area contributed by atoms with Crippen LogP contribution in [-0.2, 0) is 11.2 Å². The molecule has 0 aliphatic heterocycles. The van der Waals surface area contributed by atoms with Crippen molar-refractivity contribution in [3.8, 4) is 0 Å². The Morgan fingerprint density at radius 3 is 2.60 bits per heavy atom. The van der Waals surface area contributed by atoms with Gasteiger partial charge in [-0.05, 0) is 36.6 Å². The highest BCUT2D eigenvalue weighted by Gasteiger charge is 2.34. The van der Waals surface area contributed by atoms with Crippen molar-refractivity contribution in [3.63, 3.8) is 0 Å². The van der Waals surface area contributed by atoms with Gasteiger partial charge >= 0.3 is 0 Å². The van der Waals surface area contributed by atoms with Crippen LogP contribution in [0.5, 0.6) is 0 Å². The molecule has 4 heteroatoms. The highest BCUT2D eigenvalue weighted by Crippen LogP contribution is 2.31. The fraction of sp³-hybridized carbons (Fsp3) is 0.250. The van der Waals surface area contributed by atoms with Crippen molar-refractivity contribution in [2.75, 3.05) is 4.90 Å². The number of amides is 1. The van der Waals surface area contributed by atoms with Crippen LogP contribution in [-0.4, -0.2) is 16.9 Å². The van der Waals surface area contributed by atoms with E-state index in [2.05, 4.69) is 4.98 Å². The Morgan fingerprint density at radius 2 is 1.95 bits per heavy atom. The molecule has 0 radical (unpaired) electrons. The van der Waals surface area contributed by atoms with E-state index >= 15 is 0 Å². The Kier molecular flexibility index (Phi) is 3.46. The Hall–Kier alpha value is -2.23. The predicted octanol–water partition coefficient (Wildman–Crippen LogP) is 2.96. The molecule has 0 unspecified atom stereocenters. The first kappa shape index (κ1) is 12.8. The molecular weight excluding hydrogens is 255 g/mol. The van der Waals surface area contributed by atoms with Crippen LogP contribution in [0, 0.1) is 5.82 Å². The summed E-state index contributed by atoms with van der Waals surface area (Å²) >= 11 is 0. The van der Waals surface area contributed by atoms with E-state index in [1.807, 2.05) is 18.2 Å². The van der Waals surface area contributed by atoms with E-state index in [0.29, 0.717) is 11.4 Å². The van der Waals surface area contributed by atoms with Crippen LogP contribution >= 0.6 is 0 Å². The molecule has 1 fully saturated rings. The van der Waals surface area contributed by atoms with Gasteiger partial charge in [0.2, 0.25) is 5.91 Å². The molecule has 0 atom stereocenters. The second-order valence-corrected chi connectivity index (χ2v) is 4.95. The van der Waals surface area contributed by atoms with Crippen LogP contribution in [0.2, 0.25) is 0 Å². The van der Waals surface area contributed by atoms with Crippen LogP contribution in [0.4, 0.5) is 10.2 Å². The number of aromatic nitrogens is 1. The van der Waals surface area contributed by atoms with Crippen LogP contribution in [0.15, 0.2) is 48.7 Å². The first-order chi connectivity index (χ1) is 9.75. The molecule has 1 amide bonds. The molecule has 3 nitrogen and oxygen atoms in total. The van der Waals surface area contributed by atoms with Crippen LogP contribution in [0.1, 0.15) is 18.4 Å². The molecule has 20 heavy (non-hydrogen) atoms. The van der Waals surface area contributed by atoms with Gasteiger partial charge in [0.15, 0.2) is 0 Å². The molecule has 3 rings (SSSR count). The van der Waals surface area contributed by atoms with E-state index in [1.54, 1.807) is 29.3 Å². The third-order valence-electron chi connectivity index (χ3n) is 3.38. The predicted molar refractivity (Wildman–Crippen MR) is 74.8 cm³/mol. The maximum absolute atomic E-state index is 13.6. The maximum Gasteiger partial charge on any atom is 0.232 e. The molecule has 1 heterocycles. The number of rotatable bonds is 4. The van der Waals surface area contributed by atoms with Crippen molar-refractivity contribution in [2.45, 2.75) is 25.3 Å². The normalized spacial score (nSPS) is 14.1. The molecule has 1 aromatic carbocycles. The Balaban J connectivity index is 1.82. The molecule has 1 aliphatic rings. The van der Waals surface area contributed by atoms with E-state index in [9.17, 15) is 9.18 Å². The molecule has 0 bridgehead atoms. The number of benzene rings is 1. The molecule has 0 saturated heterocycles. The van der Waals surface area contributed by atoms with Gasteiger partial charge in [-0.15, -0.1) is 0 Å². The number of hydrogen-bond acceptors (Lipinski definition) is 2. The van der Waals surface area contributed by atoms with Crippen molar-refractivity contribution < 1.29 is 9.18 Å². The molecule has 1 aromatic heterocycles. The Morgan fingerprint density at radius 1 is 1.20 bits per heavy atom. The number of carbonyl (C=O) groups excluding carboxylic acids is 1. The summed E-state index contributed by atoms with van der Waals surface area (Å²) in [4.78, 5) is 18.4. The molecule has 1 saturated carbocycles. The largest absolute Gasteiger partial charge is 0.293 e. The van der Waals surface area contributed by atoms with E-state index in [-0.39, 0.29) is 24.2 Å². The van der Waals surface area contributed by atoms with Gasteiger partial charge in [0.25, 0.3) is 0 Å². The van der Waals surface area contributed by atoms with E-state index in [0.717, 1.165) is 12.8 Å². The minimum Gasteiger partial charge on any atom is -0.293 e. The standard InChI is InChI=1S/C16H15FN2O/c17-14-6-2-1-5-12(14)11-16(20)19(13-8-9-13)15-7-3-4-10-18-15/h1-7,10,13H,8-9,11H2. The minimum absolute atomic E-state index is 0.0692. The molecular formula is C16H15FN2O. The molecule has 1 aliphatic carbocycles. The summed E-state index contributed by atoms with van der Waals surface area (Å²) < 4.78 is 13.6. The van der Waals surface area contributed by atoms with Gasteiger partial charge < -0.3 is 0 Å². The SMILES string of the molecule is O=C(Cc1ccccc1F)N(c1ccccn1)C1CC1. The highest BCUT2D eigenvalue weighted by atomic mass is 19.1. The zero-order valence-corrected chi connectivity index (χ0v) is 11.0. The van der Waals surface area contributed by atoms with Gasteiger partial charge in [0, 0.05) is 12.2 Å². The molecule has 2 aromatic rings. The summed E-state index contributed by atoms with van der Waals surface area (Å²) in [6.45, 7) is 0. The zero-order chi connectivity index (χ0) is 13.9. The topological polar surface area (TPSA) is 33.2 Å². The van der Waals surface area contributed by atoms with Crippen LogP contribution in [0.3, 0.4) is 0 Å². The summed E-state index contributed by atoms with van der Waals surface area (Å²) in [5.74, 6) is 0.213. The van der Waals surface area contributed by atoms with E-state index in [1.165, 1.54) is 6.07 Å². The highest BCUT2D eigenvalue weighted by molar-refractivity contribution is 5.94. The van der Waals surface area contributed by atoms with Crippen molar-refractivity contribution >= 4 is 11.7 Å². The smallest absolute Gasteiger partial charge is 0.232 e. The quantitative estimate of drug-likeness (QED) is 0.855. The number of carbonyl (C=O) groups is 1. The second-order valence-electron chi connectivity index (χ2n) is 4.95. The van der Waals surface area contributed by atoms with Crippen molar-refractivity contribution in [3.05, 3.63) is 60.0 Å². The number of pyridine rings is 1. The third-order valence-corrected chi connectivity index (χ3v) is 3.38. The lowest BCUT2D eigenvalue weighted by molar-refractivity contribution is -0.118. The number of anilines is 1. The monoisotopic (exact) mass is 270 g/mol. The first-order valence-corrected chi connectivity index (χ1v) is 6.72. The van der Waals surface area contributed by atoms with Crippen LogP contribution in [0.25, 0.3) is 0 Å². The maximum atomic E-state index is 13.6. The lowest BCUT2D eigenvalue weighted by atomic mass is 10.1. The average Bonchev–Trinajstić information content (AvgIpc) is 3.28. The number of nitrogens with zero attached hydrogens (tertiary/aromatic N) is 2. The number of halogens is 1. The summed E-state index contributed by atoms with van der Waals surface area (Å²) in [6, 6.07) is 12.1. The molecule has 102 valence electrons. The third kappa shape index (κ3) is 2.69. The Labute approximate surface area is 117 Å². The first-order valence-electron chi connectivity index (χ1n) is 6.72. The summed E-state index contributed by atoms with van der Waals surface area (Å²) in [6.07, 6.45) is 3.71. The van der Waals surface area contributed by atoms with Gasteiger partial charge in [-0.2, -0.15) is 0 Å². The minimum atomic E-state index is -0.336. The van der Waals surface area contributed by atoms with Gasteiger partial charge in [-0.1, -0.05) is 24.3 Å². The fourth-order valence-corrected chi connectivity index (χ4v) is 2.24. The molecule has 0 spiro atoms. The summed E-state index contributed by atoms with van der Waals surface area (Å²) in [7, 11) is 0. The van der Waals surface area contributed by atoms with E-state index in [4.69, 9.17) is 0 Å². The fourth-order valence-electron chi connectivity index (χ4n) is 2.24. The zero-order valence-electron chi connectivity index (χ0n) is 11.0. The van der Waals surface area contributed by atoms with Crippen LogP contribution < -0.4 is 4.90 Å². The molecule has 0 N–H and O–H groups in total. The lowest BCUT2D eigenvalue weighted by Gasteiger charge is -2.21. The van der Waals surface area contributed by atoms with E-state index < -0.39 is 0 Å². The van der Waals surface area contributed by atoms with Gasteiger partial charge in [0.1, 0.15) is 11.6 Å². The van der Waals surface area contributed by atoms with Crippen molar-refractivity contribution in [2.24, 2.45) is 0 Å². The summed E-state index contributed by atoms with van der Waals surface area (Å²) in [5, 5.41) is 0. The second kappa shape index (κ2) is 5.41. The lowest BCUT2D eigenvalue weighted by Crippen LogP contribution is -2.35. The van der Waals surface area contributed by atoms with Crippen molar-refractivity contribution in [1.82, 2.24) is 4.98 Å². The summed E-state index contributed by atoms with van der Waals surface area (Å²) in [5.41, 5.74) is 0.430.